The van der Waals surface area contributed by atoms with E-state index in [0.717, 1.165) is 11.0 Å². The smallest absolute Gasteiger partial charge is 0.223 e. The van der Waals surface area contributed by atoms with E-state index in [1.807, 2.05) is 22.8 Å². The number of aromatic nitrogens is 4. The van der Waals surface area contributed by atoms with Crippen molar-refractivity contribution >= 4 is 34.9 Å². The Balaban J connectivity index is 2.13. The molecule has 0 spiro atoms. The third kappa shape index (κ3) is 1.93. The summed E-state index contributed by atoms with van der Waals surface area (Å²) in [5.74, 6) is 1.12. The molecule has 0 bridgehead atoms. The molecule has 0 unspecified atom stereocenters. The number of hydrogen-bond donors (Lipinski definition) is 1. The fourth-order valence-electron chi connectivity index (χ4n) is 1.83. The Hall–Kier alpha value is -1.66. The molecule has 0 radical (unpaired) electrons. The first kappa shape index (κ1) is 11.4. The molecule has 2 heterocycles. The Kier molecular flexibility index (Phi) is 2.68. The molecular formula is C11H9ClN4OS. The molecule has 5 nitrogen and oxygen atoms in total. The third-order valence-corrected chi connectivity index (χ3v) is 3.16. The van der Waals surface area contributed by atoms with Crippen LogP contribution in [-0.4, -0.2) is 19.7 Å². The zero-order chi connectivity index (χ0) is 12.7. The molecule has 2 aromatic heterocycles. The van der Waals surface area contributed by atoms with Gasteiger partial charge in [-0.3, -0.25) is 0 Å². The van der Waals surface area contributed by atoms with Gasteiger partial charge in [-0.2, -0.15) is 4.98 Å². The van der Waals surface area contributed by atoms with Crippen LogP contribution in [-0.2, 0) is 6.54 Å². The van der Waals surface area contributed by atoms with Gasteiger partial charge in [0.05, 0.1) is 17.6 Å². The van der Waals surface area contributed by atoms with Gasteiger partial charge in [-0.15, -0.1) is 0 Å². The lowest BCUT2D eigenvalue weighted by Crippen LogP contribution is -2.01. The van der Waals surface area contributed by atoms with Gasteiger partial charge in [0.2, 0.25) is 5.89 Å². The lowest BCUT2D eigenvalue weighted by molar-refractivity contribution is 0.386. The number of H-pyrrole nitrogens is 1. The van der Waals surface area contributed by atoms with Gasteiger partial charge in [0.15, 0.2) is 10.6 Å². The first-order chi connectivity index (χ1) is 8.63. The second kappa shape index (κ2) is 4.22. The van der Waals surface area contributed by atoms with E-state index in [9.17, 15) is 0 Å². The van der Waals surface area contributed by atoms with Gasteiger partial charge in [0.25, 0.3) is 0 Å². The predicted octanol–water partition coefficient (Wildman–Crippen LogP) is 3.09. The van der Waals surface area contributed by atoms with Crippen molar-refractivity contribution in [3.8, 4) is 0 Å². The van der Waals surface area contributed by atoms with Crippen molar-refractivity contribution in [1.82, 2.24) is 19.7 Å². The van der Waals surface area contributed by atoms with Gasteiger partial charge < -0.3 is 14.1 Å². The Labute approximate surface area is 112 Å². The fraction of sp³-hybridized carbons (Fsp3) is 0.182. The normalized spacial score (nSPS) is 11.2. The molecule has 92 valence electrons. The molecule has 0 amide bonds. The molecule has 3 aromatic rings. The molecule has 18 heavy (non-hydrogen) atoms. The number of nitrogens with zero attached hydrogens (tertiary/aromatic N) is 3. The van der Waals surface area contributed by atoms with Crippen molar-refractivity contribution in [2.24, 2.45) is 0 Å². The standard InChI is InChI=1S/C11H9ClN4OS/c1-6-13-10(15-17-6)5-16-9-4-7(12)2-3-8(9)14-11(16)18/h2-4H,5H2,1H3,(H,14,18). The highest BCUT2D eigenvalue weighted by Crippen LogP contribution is 2.19. The summed E-state index contributed by atoms with van der Waals surface area (Å²) in [4.78, 5) is 7.28. The Morgan fingerprint density at radius 2 is 2.33 bits per heavy atom. The van der Waals surface area contributed by atoms with E-state index >= 15 is 0 Å². The maximum Gasteiger partial charge on any atom is 0.223 e. The monoisotopic (exact) mass is 280 g/mol. The van der Waals surface area contributed by atoms with E-state index in [-0.39, 0.29) is 0 Å². The van der Waals surface area contributed by atoms with E-state index < -0.39 is 0 Å². The lowest BCUT2D eigenvalue weighted by Gasteiger charge is -2.00. The van der Waals surface area contributed by atoms with Crippen LogP contribution in [0.25, 0.3) is 11.0 Å². The molecule has 0 fully saturated rings. The zero-order valence-electron chi connectivity index (χ0n) is 9.48. The summed E-state index contributed by atoms with van der Waals surface area (Å²) in [6.07, 6.45) is 0. The summed E-state index contributed by atoms with van der Waals surface area (Å²) in [6.45, 7) is 2.21. The molecule has 0 aliphatic heterocycles. The number of aryl methyl sites for hydroxylation is 1. The number of halogens is 1. The molecule has 0 atom stereocenters. The van der Waals surface area contributed by atoms with Crippen LogP contribution in [0.3, 0.4) is 0 Å². The summed E-state index contributed by atoms with van der Waals surface area (Å²) in [7, 11) is 0. The van der Waals surface area contributed by atoms with Crippen LogP contribution in [0.2, 0.25) is 5.02 Å². The van der Waals surface area contributed by atoms with Crippen molar-refractivity contribution in [2.75, 3.05) is 0 Å². The largest absolute Gasteiger partial charge is 0.340 e. The second-order valence-electron chi connectivity index (χ2n) is 3.91. The van der Waals surface area contributed by atoms with Crippen molar-refractivity contribution in [3.63, 3.8) is 0 Å². The minimum Gasteiger partial charge on any atom is -0.340 e. The molecule has 0 aliphatic rings. The van der Waals surface area contributed by atoms with Crippen molar-refractivity contribution in [3.05, 3.63) is 39.7 Å². The SMILES string of the molecule is Cc1nc(Cn2c(=S)[nH]c3ccc(Cl)cc32)no1. The van der Waals surface area contributed by atoms with Crippen molar-refractivity contribution in [1.29, 1.82) is 0 Å². The Morgan fingerprint density at radius 3 is 3.06 bits per heavy atom. The summed E-state index contributed by atoms with van der Waals surface area (Å²) in [6, 6.07) is 5.57. The maximum absolute atomic E-state index is 6.00. The summed E-state index contributed by atoms with van der Waals surface area (Å²) in [5.41, 5.74) is 1.86. The average Bonchev–Trinajstić information content (AvgIpc) is 2.86. The second-order valence-corrected chi connectivity index (χ2v) is 4.73. The van der Waals surface area contributed by atoms with Crippen molar-refractivity contribution in [2.45, 2.75) is 13.5 Å². The first-order valence-electron chi connectivity index (χ1n) is 5.31. The number of aromatic amines is 1. The molecule has 1 N–H and O–H groups in total. The number of fused-ring (bicyclic) bond motifs is 1. The highest BCUT2D eigenvalue weighted by Gasteiger charge is 2.09. The first-order valence-corrected chi connectivity index (χ1v) is 6.09. The molecule has 0 saturated heterocycles. The minimum atomic E-state index is 0.455. The Morgan fingerprint density at radius 1 is 1.50 bits per heavy atom. The molecule has 7 heteroatoms. The third-order valence-electron chi connectivity index (χ3n) is 2.61. The van der Waals surface area contributed by atoms with Gasteiger partial charge in [0, 0.05) is 11.9 Å². The van der Waals surface area contributed by atoms with Gasteiger partial charge >= 0.3 is 0 Å². The number of imidazole rings is 1. The van der Waals surface area contributed by atoms with E-state index in [1.54, 1.807) is 6.92 Å². The van der Waals surface area contributed by atoms with Crippen LogP contribution in [0.1, 0.15) is 11.7 Å². The van der Waals surface area contributed by atoms with Gasteiger partial charge in [-0.1, -0.05) is 16.8 Å². The average molecular weight is 281 g/mol. The number of benzene rings is 1. The maximum atomic E-state index is 6.00. The minimum absolute atomic E-state index is 0.455. The van der Waals surface area contributed by atoms with Crippen LogP contribution in [0, 0.1) is 11.7 Å². The van der Waals surface area contributed by atoms with Crippen LogP contribution in [0.5, 0.6) is 0 Å². The highest BCUT2D eigenvalue weighted by molar-refractivity contribution is 7.71. The number of hydrogen-bond acceptors (Lipinski definition) is 4. The van der Waals surface area contributed by atoms with E-state index in [2.05, 4.69) is 15.1 Å². The zero-order valence-corrected chi connectivity index (χ0v) is 11.0. The van der Waals surface area contributed by atoms with Gasteiger partial charge in [-0.25, -0.2) is 0 Å². The quantitative estimate of drug-likeness (QED) is 0.733. The summed E-state index contributed by atoms with van der Waals surface area (Å²) < 4.78 is 7.44. The highest BCUT2D eigenvalue weighted by atomic mass is 35.5. The fourth-order valence-corrected chi connectivity index (χ4v) is 2.27. The lowest BCUT2D eigenvalue weighted by atomic mass is 10.3. The molecule has 0 aliphatic carbocycles. The topological polar surface area (TPSA) is 59.6 Å². The van der Waals surface area contributed by atoms with E-state index in [0.29, 0.717) is 28.1 Å². The predicted molar refractivity (Wildman–Crippen MR) is 70.3 cm³/mol. The molecule has 0 saturated carbocycles. The van der Waals surface area contributed by atoms with Crippen LogP contribution >= 0.6 is 23.8 Å². The van der Waals surface area contributed by atoms with Gasteiger partial charge in [0.1, 0.15) is 0 Å². The summed E-state index contributed by atoms with van der Waals surface area (Å²) in [5, 5.41) is 4.52. The Bertz CT molecular complexity index is 773. The summed E-state index contributed by atoms with van der Waals surface area (Å²) >= 11 is 11.3. The molecule has 3 rings (SSSR count). The van der Waals surface area contributed by atoms with Gasteiger partial charge in [-0.05, 0) is 30.4 Å². The van der Waals surface area contributed by atoms with Crippen molar-refractivity contribution < 1.29 is 4.52 Å². The van der Waals surface area contributed by atoms with Crippen LogP contribution < -0.4 is 0 Å². The van der Waals surface area contributed by atoms with E-state index in [1.165, 1.54) is 0 Å². The number of rotatable bonds is 2. The van der Waals surface area contributed by atoms with E-state index in [4.69, 9.17) is 28.3 Å². The molecule has 1 aromatic carbocycles. The number of nitrogens with one attached hydrogen (secondary N) is 1. The molecular weight excluding hydrogens is 272 g/mol. The van der Waals surface area contributed by atoms with Crippen LogP contribution in [0.15, 0.2) is 22.7 Å². The van der Waals surface area contributed by atoms with Crippen LogP contribution in [0.4, 0.5) is 0 Å².